The van der Waals surface area contributed by atoms with Gasteiger partial charge >= 0.3 is 0 Å². The van der Waals surface area contributed by atoms with E-state index in [2.05, 4.69) is 11.2 Å². The molecule has 13 heavy (non-hydrogen) atoms. The summed E-state index contributed by atoms with van der Waals surface area (Å²) < 4.78 is 0. The van der Waals surface area contributed by atoms with Crippen LogP contribution >= 0.6 is 0 Å². The van der Waals surface area contributed by atoms with E-state index in [0.717, 1.165) is 17.8 Å². The average molecular weight is 180 g/mol. The molecule has 2 heteroatoms. The Balaban J connectivity index is 0. The van der Waals surface area contributed by atoms with Crippen LogP contribution in [0.1, 0.15) is 20.8 Å². The van der Waals surface area contributed by atoms with Gasteiger partial charge in [-0.25, -0.2) is 0 Å². The lowest BCUT2D eigenvalue weighted by Crippen LogP contribution is -2.12. The molecule has 0 saturated carbocycles. The number of hydrogen-bond donors (Lipinski definition) is 2. The molecule has 0 aliphatic heterocycles. The fourth-order valence-electron chi connectivity index (χ4n) is 0.647. The van der Waals surface area contributed by atoms with E-state index in [0.29, 0.717) is 0 Å². The molecule has 3 N–H and O–H groups in total. The topological polar surface area (TPSA) is 38.0 Å². The Morgan fingerprint density at radius 3 is 2.46 bits per heavy atom. The number of allylic oxidation sites excluding steroid dienone is 2. The second-order valence-electron chi connectivity index (χ2n) is 2.27. The number of nitrogens with two attached hydrogens (primary N) is 1. The third-order valence-corrected chi connectivity index (χ3v) is 1.29. The highest BCUT2D eigenvalue weighted by atomic mass is 14.8. The van der Waals surface area contributed by atoms with Crippen molar-refractivity contribution in [3.05, 3.63) is 23.4 Å². The van der Waals surface area contributed by atoms with Gasteiger partial charge in [-0.3, -0.25) is 0 Å². The molecule has 0 fully saturated rings. The van der Waals surface area contributed by atoms with Gasteiger partial charge in [-0.05, 0) is 31.7 Å². The quantitative estimate of drug-likeness (QED) is 0.512. The summed E-state index contributed by atoms with van der Waals surface area (Å²) in [5.74, 6) is 2.38. The standard InChI is InChI=1S/C9H14N2.C2H6/c1-4-5-6-9(10)8(2)7-11-3;1-2/h1,5-6,11H,7,10H2,2-3H3;1-2H3/b6-5-,9-8-;. The van der Waals surface area contributed by atoms with Crippen LogP contribution in [0.2, 0.25) is 0 Å². The van der Waals surface area contributed by atoms with Crippen LogP contribution in [0.3, 0.4) is 0 Å². The van der Waals surface area contributed by atoms with Crippen LogP contribution in [0.5, 0.6) is 0 Å². The Bertz CT molecular complexity index is 207. The number of rotatable bonds is 3. The van der Waals surface area contributed by atoms with E-state index < -0.39 is 0 Å². The molecular formula is C11H20N2. The predicted molar refractivity (Wildman–Crippen MR) is 60.1 cm³/mol. The number of likely N-dealkylation sites (N-methyl/N-ethyl adjacent to an activating group) is 1. The molecule has 0 unspecified atom stereocenters. The Labute approximate surface area is 81.9 Å². The van der Waals surface area contributed by atoms with Gasteiger partial charge in [-0.2, -0.15) is 0 Å². The van der Waals surface area contributed by atoms with E-state index in [1.807, 2.05) is 27.8 Å². The van der Waals surface area contributed by atoms with Crippen molar-refractivity contribution in [2.24, 2.45) is 5.73 Å². The molecule has 0 saturated heterocycles. The summed E-state index contributed by atoms with van der Waals surface area (Å²) in [4.78, 5) is 0. The largest absolute Gasteiger partial charge is 0.399 e. The summed E-state index contributed by atoms with van der Waals surface area (Å²) in [6, 6.07) is 0. The maximum absolute atomic E-state index is 5.65. The van der Waals surface area contributed by atoms with Gasteiger partial charge in [-0.1, -0.05) is 19.8 Å². The van der Waals surface area contributed by atoms with Crippen molar-refractivity contribution in [2.45, 2.75) is 20.8 Å². The van der Waals surface area contributed by atoms with E-state index in [4.69, 9.17) is 12.2 Å². The van der Waals surface area contributed by atoms with Gasteiger partial charge < -0.3 is 11.1 Å². The third kappa shape index (κ3) is 8.71. The molecule has 0 bridgehead atoms. The summed E-state index contributed by atoms with van der Waals surface area (Å²) >= 11 is 0. The van der Waals surface area contributed by atoms with Crippen LogP contribution < -0.4 is 11.1 Å². The first kappa shape index (κ1) is 14.3. The maximum Gasteiger partial charge on any atom is 0.0322 e. The van der Waals surface area contributed by atoms with E-state index in [1.54, 1.807) is 12.2 Å². The molecule has 0 aliphatic rings. The fraction of sp³-hybridized carbons (Fsp3) is 0.455. The summed E-state index contributed by atoms with van der Waals surface area (Å²) in [7, 11) is 1.88. The Kier molecular flexibility index (Phi) is 11.9. The summed E-state index contributed by atoms with van der Waals surface area (Å²) in [5.41, 5.74) is 7.48. The van der Waals surface area contributed by atoms with Crippen LogP contribution in [0.15, 0.2) is 23.4 Å². The molecule has 0 radical (unpaired) electrons. The van der Waals surface area contributed by atoms with E-state index in [1.165, 1.54) is 0 Å². The molecule has 0 heterocycles. The molecule has 74 valence electrons. The van der Waals surface area contributed by atoms with Crippen LogP contribution in [-0.4, -0.2) is 13.6 Å². The van der Waals surface area contributed by atoms with Crippen molar-refractivity contribution < 1.29 is 0 Å². The first-order valence-electron chi connectivity index (χ1n) is 4.45. The molecule has 2 nitrogen and oxygen atoms in total. The van der Waals surface area contributed by atoms with E-state index >= 15 is 0 Å². The first-order valence-corrected chi connectivity index (χ1v) is 4.45. The Hall–Kier alpha value is -1.20. The molecule has 0 spiro atoms. The zero-order chi connectivity index (χ0) is 10.7. The highest BCUT2D eigenvalue weighted by molar-refractivity contribution is 5.26. The average Bonchev–Trinajstić information content (AvgIpc) is 2.17. The summed E-state index contributed by atoms with van der Waals surface area (Å²) in [6.07, 6.45) is 8.34. The van der Waals surface area contributed by atoms with Crippen molar-refractivity contribution in [1.29, 1.82) is 0 Å². The number of terminal acetylenes is 1. The Morgan fingerprint density at radius 2 is 2.08 bits per heavy atom. The van der Waals surface area contributed by atoms with Crippen LogP contribution in [0.25, 0.3) is 0 Å². The lowest BCUT2D eigenvalue weighted by atomic mass is 10.2. The number of nitrogens with one attached hydrogen (secondary N) is 1. The zero-order valence-corrected chi connectivity index (χ0v) is 9.02. The fourth-order valence-corrected chi connectivity index (χ4v) is 0.647. The highest BCUT2D eigenvalue weighted by Gasteiger charge is 1.90. The van der Waals surface area contributed by atoms with Gasteiger partial charge in [0.1, 0.15) is 0 Å². The highest BCUT2D eigenvalue weighted by Crippen LogP contribution is 1.96. The molecule has 0 aromatic rings. The van der Waals surface area contributed by atoms with E-state index in [9.17, 15) is 0 Å². The third-order valence-electron chi connectivity index (χ3n) is 1.29. The van der Waals surface area contributed by atoms with Gasteiger partial charge in [0.15, 0.2) is 0 Å². The monoisotopic (exact) mass is 180 g/mol. The maximum atomic E-state index is 5.65. The van der Waals surface area contributed by atoms with Gasteiger partial charge in [-0.15, -0.1) is 6.42 Å². The van der Waals surface area contributed by atoms with Crippen molar-refractivity contribution in [3.63, 3.8) is 0 Å². The van der Waals surface area contributed by atoms with Gasteiger partial charge in [0.25, 0.3) is 0 Å². The number of hydrogen-bond acceptors (Lipinski definition) is 2. The SMILES string of the molecule is C#C/C=C\C(N)=C(/C)CNC.CC. The zero-order valence-electron chi connectivity index (χ0n) is 9.02. The minimum atomic E-state index is 0.734. The molecule has 0 atom stereocenters. The summed E-state index contributed by atoms with van der Waals surface area (Å²) in [6.45, 7) is 6.76. The minimum absolute atomic E-state index is 0.734. The lowest BCUT2D eigenvalue weighted by Gasteiger charge is -2.01. The molecule has 0 aliphatic carbocycles. The molecule has 0 aromatic heterocycles. The Morgan fingerprint density at radius 1 is 1.54 bits per heavy atom. The minimum Gasteiger partial charge on any atom is -0.399 e. The smallest absolute Gasteiger partial charge is 0.0322 e. The molecule has 0 amide bonds. The summed E-state index contributed by atoms with van der Waals surface area (Å²) in [5, 5.41) is 3.00. The second-order valence-corrected chi connectivity index (χ2v) is 2.27. The van der Waals surface area contributed by atoms with Gasteiger partial charge in [0.2, 0.25) is 0 Å². The van der Waals surface area contributed by atoms with E-state index in [-0.39, 0.29) is 0 Å². The molecular weight excluding hydrogens is 160 g/mol. The van der Waals surface area contributed by atoms with Gasteiger partial charge in [0, 0.05) is 12.2 Å². The van der Waals surface area contributed by atoms with Crippen LogP contribution in [0, 0.1) is 12.3 Å². The van der Waals surface area contributed by atoms with Crippen LogP contribution in [-0.2, 0) is 0 Å². The first-order chi connectivity index (χ1) is 6.22. The van der Waals surface area contributed by atoms with Crippen molar-refractivity contribution in [2.75, 3.05) is 13.6 Å². The predicted octanol–water partition coefficient (Wildman–Crippen LogP) is 1.65. The van der Waals surface area contributed by atoms with Crippen molar-refractivity contribution >= 4 is 0 Å². The van der Waals surface area contributed by atoms with Crippen molar-refractivity contribution in [3.8, 4) is 12.3 Å². The molecule has 0 rings (SSSR count). The van der Waals surface area contributed by atoms with Crippen molar-refractivity contribution in [1.82, 2.24) is 5.32 Å². The van der Waals surface area contributed by atoms with Crippen LogP contribution in [0.4, 0.5) is 0 Å². The van der Waals surface area contributed by atoms with Gasteiger partial charge in [0.05, 0.1) is 0 Å². The normalized spacial score (nSPS) is 11.3. The second kappa shape index (κ2) is 10.8. The lowest BCUT2D eigenvalue weighted by molar-refractivity contribution is 0.871. The molecule has 0 aromatic carbocycles.